The lowest BCUT2D eigenvalue weighted by Crippen LogP contribution is -2.36. The molecular weight excluding hydrogens is 416 g/mol. The van der Waals surface area contributed by atoms with Gasteiger partial charge in [-0.1, -0.05) is 6.07 Å². The van der Waals surface area contributed by atoms with Crippen molar-refractivity contribution in [2.24, 2.45) is 0 Å². The van der Waals surface area contributed by atoms with Crippen molar-refractivity contribution in [3.63, 3.8) is 0 Å². The number of rotatable bonds is 7. The summed E-state index contributed by atoms with van der Waals surface area (Å²) < 4.78 is 53.0. The first-order valence-electron chi connectivity index (χ1n) is 9.18. The van der Waals surface area contributed by atoms with Crippen LogP contribution in [0.15, 0.2) is 39.4 Å². The van der Waals surface area contributed by atoms with E-state index in [0.717, 1.165) is 37.1 Å². The monoisotopic (exact) mass is 442 g/mol. The minimum Gasteiger partial charge on any atom is -0.294 e. The van der Waals surface area contributed by atoms with Gasteiger partial charge in [0.25, 0.3) is 0 Å². The van der Waals surface area contributed by atoms with Crippen molar-refractivity contribution < 1.29 is 16.8 Å². The molecule has 154 valence electrons. The third kappa shape index (κ3) is 4.65. The number of hydrogen-bond acceptors (Lipinski definition) is 6. The Labute approximate surface area is 171 Å². The van der Waals surface area contributed by atoms with Gasteiger partial charge in [-0.25, -0.2) is 21.6 Å². The summed E-state index contributed by atoms with van der Waals surface area (Å²) in [5.41, 5.74) is 0.857. The fourth-order valence-corrected chi connectivity index (χ4v) is 7.05. The maximum Gasteiger partial charge on any atom is 0.240 e. The first-order chi connectivity index (χ1) is 13.1. The van der Waals surface area contributed by atoms with E-state index in [1.807, 2.05) is 17.5 Å². The third-order valence-electron chi connectivity index (χ3n) is 5.07. The molecule has 1 aliphatic rings. The number of sulfone groups is 1. The van der Waals surface area contributed by atoms with E-state index < -0.39 is 19.9 Å². The number of aryl methyl sites for hydroxylation is 1. The van der Waals surface area contributed by atoms with Crippen LogP contribution in [0.4, 0.5) is 0 Å². The molecule has 1 aromatic carbocycles. The largest absolute Gasteiger partial charge is 0.294 e. The zero-order chi connectivity index (χ0) is 20.5. The summed E-state index contributed by atoms with van der Waals surface area (Å²) >= 11 is 1.62. The van der Waals surface area contributed by atoms with Gasteiger partial charge in [0.05, 0.1) is 15.8 Å². The number of thiophene rings is 1. The normalized spacial score (nSPS) is 17.1. The highest BCUT2D eigenvalue weighted by atomic mass is 32.2. The van der Waals surface area contributed by atoms with Gasteiger partial charge in [-0.15, -0.1) is 11.3 Å². The van der Waals surface area contributed by atoms with Crippen molar-refractivity contribution in [1.82, 2.24) is 9.62 Å². The lowest BCUT2D eigenvalue weighted by molar-refractivity contribution is 0.250. The predicted octanol–water partition coefficient (Wildman–Crippen LogP) is 2.88. The quantitative estimate of drug-likeness (QED) is 0.713. The fourth-order valence-electron chi connectivity index (χ4n) is 3.67. The molecular formula is C19H26N2O4S3. The topological polar surface area (TPSA) is 83.5 Å². The molecule has 2 aromatic rings. The summed E-state index contributed by atoms with van der Waals surface area (Å²) in [6.45, 7) is 5.40. The SMILES string of the molecule is Cc1cc(S(C)(=O)=O)c(C)c(S(=O)(=O)NCC(c2cccs2)N2CCCC2)c1. The molecule has 0 saturated carbocycles. The van der Waals surface area contributed by atoms with Gasteiger partial charge in [-0.05, 0) is 74.5 Å². The summed E-state index contributed by atoms with van der Waals surface area (Å²) in [5, 5.41) is 2.00. The molecule has 1 unspecified atom stereocenters. The highest BCUT2D eigenvalue weighted by molar-refractivity contribution is 7.91. The van der Waals surface area contributed by atoms with Crippen LogP contribution in [0.25, 0.3) is 0 Å². The highest BCUT2D eigenvalue weighted by Crippen LogP contribution is 2.29. The van der Waals surface area contributed by atoms with Gasteiger partial charge in [-0.3, -0.25) is 4.90 Å². The van der Waals surface area contributed by atoms with Crippen LogP contribution in [-0.4, -0.2) is 47.6 Å². The number of sulfonamides is 1. The van der Waals surface area contributed by atoms with E-state index in [0.29, 0.717) is 5.56 Å². The van der Waals surface area contributed by atoms with E-state index in [1.165, 1.54) is 12.1 Å². The van der Waals surface area contributed by atoms with Gasteiger partial charge in [0, 0.05) is 17.7 Å². The molecule has 1 atom stereocenters. The molecule has 9 heteroatoms. The maximum absolute atomic E-state index is 13.1. The second kappa shape index (κ2) is 8.23. The Kier molecular flexibility index (Phi) is 6.31. The van der Waals surface area contributed by atoms with E-state index in [2.05, 4.69) is 9.62 Å². The van der Waals surface area contributed by atoms with Gasteiger partial charge < -0.3 is 0 Å². The zero-order valence-corrected chi connectivity index (χ0v) is 18.8. The van der Waals surface area contributed by atoms with E-state index in [9.17, 15) is 16.8 Å². The molecule has 0 spiro atoms. The number of hydrogen-bond donors (Lipinski definition) is 1. The summed E-state index contributed by atoms with van der Waals surface area (Å²) in [5.74, 6) is 0. The fraction of sp³-hybridized carbons (Fsp3) is 0.474. The van der Waals surface area contributed by atoms with Crippen LogP contribution in [0.3, 0.4) is 0 Å². The Morgan fingerprint density at radius 1 is 1.11 bits per heavy atom. The van der Waals surface area contributed by atoms with Gasteiger partial charge in [-0.2, -0.15) is 0 Å². The minimum atomic E-state index is -3.85. The average molecular weight is 443 g/mol. The van der Waals surface area contributed by atoms with Crippen LogP contribution in [0.5, 0.6) is 0 Å². The molecule has 6 nitrogen and oxygen atoms in total. The van der Waals surface area contributed by atoms with Crippen molar-refractivity contribution >= 4 is 31.2 Å². The Bertz CT molecular complexity index is 1040. The second-order valence-corrected chi connectivity index (χ2v) is 12.0. The van der Waals surface area contributed by atoms with Crippen LogP contribution < -0.4 is 4.72 Å². The summed E-state index contributed by atoms with van der Waals surface area (Å²) in [6.07, 6.45) is 3.32. The molecule has 0 amide bonds. The Morgan fingerprint density at radius 2 is 1.75 bits per heavy atom. The first kappa shape index (κ1) is 21.4. The lowest BCUT2D eigenvalue weighted by Gasteiger charge is -2.27. The van der Waals surface area contributed by atoms with Gasteiger partial charge in [0.2, 0.25) is 10.0 Å². The second-order valence-electron chi connectivity index (χ2n) is 7.28. The van der Waals surface area contributed by atoms with Crippen molar-refractivity contribution in [1.29, 1.82) is 0 Å². The average Bonchev–Trinajstić information content (AvgIpc) is 3.30. The van der Waals surface area contributed by atoms with Crippen molar-refractivity contribution in [3.05, 3.63) is 45.6 Å². The molecule has 0 aliphatic carbocycles. The van der Waals surface area contributed by atoms with E-state index in [4.69, 9.17) is 0 Å². The van der Waals surface area contributed by atoms with Crippen LogP contribution >= 0.6 is 11.3 Å². The molecule has 3 rings (SSSR count). The van der Waals surface area contributed by atoms with Crippen LogP contribution in [0, 0.1) is 13.8 Å². The van der Waals surface area contributed by atoms with E-state index in [-0.39, 0.29) is 27.9 Å². The van der Waals surface area contributed by atoms with Crippen molar-refractivity contribution in [2.45, 2.75) is 42.5 Å². The minimum absolute atomic E-state index is 0.0169. The molecule has 1 aromatic heterocycles. The summed E-state index contributed by atoms with van der Waals surface area (Å²) in [4.78, 5) is 3.52. The zero-order valence-electron chi connectivity index (χ0n) is 16.3. The molecule has 2 heterocycles. The molecule has 1 N–H and O–H groups in total. The molecule has 0 bridgehead atoms. The van der Waals surface area contributed by atoms with E-state index in [1.54, 1.807) is 25.2 Å². The summed E-state index contributed by atoms with van der Waals surface area (Å²) in [7, 11) is -7.37. The maximum atomic E-state index is 13.1. The number of nitrogens with zero attached hydrogens (tertiary/aromatic N) is 1. The first-order valence-corrected chi connectivity index (χ1v) is 13.4. The Balaban J connectivity index is 1.90. The molecule has 28 heavy (non-hydrogen) atoms. The molecule has 0 radical (unpaired) electrons. The molecule has 1 aliphatic heterocycles. The lowest BCUT2D eigenvalue weighted by atomic mass is 10.2. The van der Waals surface area contributed by atoms with Crippen molar-refractivity contribution in [2.75, 3.05) is 25.9 Å². The Morgan fingerprint density at radius 3 is 2.32 bits per heavy atom. The number of benzene rings is 1. The van der Waals surface area contributed by atoms with Crippen LogP contribution in [0.2, 0.25) is 0 Å². The Hall–Kier alpha value is -1.26. The number of nitrogens with one attached hydrogen (secondary N) is 1. The van der Waals surface area contributed by atoms with E-state index >= 15 is 0 Å². The predicted molar refractivity (Wildman–Crippen MR) is 112 cm³/mol. The van der Waals surface area contributed by atoms with Crippen molar-refractivity contribution in [3.8, 4) is 0 Å². The van der Waals surface area contributed by atoms with Crippen LogP contribution in [-0.2, 0) is 19.9 Å². The van der Waals surface area contributed by atoms with Gasteiger partial charge in [0.1, 0.15) is 0 Å². The van der Waals surface area contributed by atoms with Gasteiger partial charge in [0.15, 0.2) is 9.84 Å². The molecule has 1 fully saturated rings. The standard InChI is InChI=1S/C19H26N2O4S3/c1-14-11-18(27(3,22)23)15(2)19(12-14)28(24,25)20-13-16(17-7-6-10-26-17)21-8-4-5-9-21/h6-7,10-12,16,20H,4-5,8-9,13H2,1-3H3. The highest BCUT2D eigenvalue weighted by Gasteiger charge is 2.28. The smallest absolute Gasteiger partial charge is 0.240 e. The summed E-state index contributed by atoms with van der Waals surface area (Å²) in [6, 6.07) is 7.03. The van der Waals surface area contributed by atoms with Gasteiger partial charge >= 0.3 is 0 Å². The number of likely N-dealkylation sites (tertiary alicyclic amines) is 1. The third-order valence-corrected chi connectivity index (χ3v) is 8.81. The molecule has 1 saturated heterocycles. The van der Waals surface area contributed by atoms with Crippen LogP contribution in [0.1, 0.15) is 34.9 Å².